The zero-order valence-corrected chi connectivity index (χ0v) is 13.8. The zero-order chi connectivity index (χ0) is 17.1. The van der Waals surface area contributed by atoms with E-state index < -0.39 is 17.1 Å². The molecule has 0 aromatic heterocycles. The first-order valence-corrected chi connectivity index (χ1v) is 7.26. The molecule has 1 aromatic carbocycles. The first kappa shape index (κ1) is 18.2. The molecule has 1 unspecified atom stereocenters. The number of nitrogens with two attached hydrogens (primary N) is 1. The van der Waals surface area contributed by atoms with E-state index in [1.54, 1.807) is 38.1 Å². The van der Waals surface area contributed by atoms with Gasteiger partial charge in [-0.25, -0.2) is 0 Å². The maximum absolute atomic E-state index is 11.8. The lowest BCUT2D eigenvalue weighted by atomic mass is 9.81. The predicted molar refractivity (Wildman–Crippen MR) is 84.8 cm³/mol. The molecule has 0 fully saturated rings. The molecule has 122 valence electrons. The van der Waals surface area contributed by atoms with Crippen LogP contribution in [0.3, 0.4) is 0 Å². The van der Waals surface area contributed by atoms with Crippen LogP contribution in [0.15, 0.2) is 24.3 Å². The normalized spacial score (nSPS) is 13.5. The number of hydrogen-bond donors (Lipinski definition) is 2. The van der Waals surface area contributed by atoms with Crippen LogP contribution in [0, 0.1) is 5.41 Å². The summed E-state index contributed by atoms with van der Waals surface area (Å²) in [6.07, 6.45) is -0.624. The van der Waals surface area contributed by atoms with Gasteiger partial charge in [-0.05, 0) is 32.9 Å². The fourth-order valence-electron chi connectivity index (χ4n) is 2.46. The topological polar surface area (TPSA) is 89.6 Å². The lowest BCUT2D eigenvalue weighted by molar-refractivity contribution is -0.128. The quantitative estimate of drug-likeness (QED) is 0.756. The SMILES string of the molecule is CC(O)C(=O)c1cccc(OC(C)(C)CC(C)(C)C(N)=O)c1. The van der Waals surface area contributed by atoms with Gasteiger partial charge in [-0.15, -0.1) is 0 Å². The molecule has 22 heavy (non-hydrogen) atoms. The Balaban J connectivity index is 2.92. The van der Waals surface area contributed by atoms with Gasteiger partial charge in [0.2, 0.25) is 5.91 Å². The van der Waals surface area contributed by atoms with Crippen molar-refractivity contribution < 1.29 is 19.4 Å². The summed E-state index contributed by atoms with van der Waals surface area (Å²) < 4.78 is 5.92. The van der Waals surface area contributed by atoms with Crippen LogP contribution in [-0.4, -0.2) is 28.5 Å². The van der Waals surface area contributed by atoms with E-state index in [9.17, 15) is 14.7 Å². The molecule has 5 heteroatoms. The molecule has 1 aromatic rings. The average Bonchev–Trinajstić information content (AvgIpc) is 2.35. The highest BCUT2D eigenvalue weighted by Gasteiger charge is 2.34. The Morgan fingerprint density at radius 3 is 2.36 bits per heavy atom. The van der Waals surface area contributed by atoms with Crippen molar-refractivity contribution >= 4 is 11.7 Å². The van der Waals surface area contributed by atoms with Crippen molar-refractivity contribution in [3.05, 3.63) is 29.8 Å². The maximum atomic E-state index is 11.8. The fraction of sp³-hybridized carbons (Fsp3) is 0.529. The number of primary amides is 1. The van der Waals surface area contributed by atoms with Gasteiger partial charge in [0.25, 0.3) is 0 Å². The van der Waals surface area contributed by atoms with Crippen LogP contribution in [0.1, 0.15) is 51.4 Å². The van der Waals surface area contributed by atoms with Gasteiger partial charge in [0.1, 0.15) is 17.5 Å². The van der Waals surface area contributed by atoms with E-state index in [1.807, 2.05) is 13.8 Å². The van der Waals surface area contributed by atoms with Crippen LogP contribution < -0.4 is 10.5 Å². The molecule has 1 atom stereocenters. The molecule has 0 aliphatic carbocycles. The lowest BCUT2D eigenvalue weighted by Gasteiger charge is -2.33. The van der Waals surface area contributed by atoms with E-state index in [-0.39, 0.29) is 11.7 Å². The molecule has 0 radical (unpaired) electrons. The fourth-order valence-corrected chi connectivity index (χ4v) is 2.46. The van der Waals surface area contributed by atoms with E-state index in [0.29, 0.717) is 17.7 Å². The van der Waals surface area contributed by atoms with Crippen LogP contribution in [0.2, 0.25) is 0 Å². The minimum atomic E-state index is -1.06. The molecule has 1 amide bonds. The van der Waals surface area contributed by atoms with Crippen molar-refractivity contribution in [2.75, 3.05) is 0 Å². The van der Waals surface area contributed by atoms with Gasteiger partial charge in [-0.3, -0.25) is 9.59 Å². The number of rotatable bonds is 7. The third-order valence-corrected chi connectivity index (χ3v) is 3.43. The zero-order valence-electron chi connectivity index (χ0n) is 13.8. The van der Waals surface area contributed by atoms with Crippen molar-refractivity contribution in [3.8, 4) is 5.75 Å². The molecular formula is C17H25NO4. The van der Waals surface area contributed by atoms with Crippen LogP contribution in [0.5, 0.6) is 5.75 Å². The summed E-state index contributed by atoms with van der Waals surface area (Å²) in [6.45, 7) is 8.69. The molecular weight excluding hydrogens is 282 g/mol. The lowest BCUT2D eigenvalue weighted by Crippen LogP contribution is -2.41. The highest BCUT2D eigenvalue weighted by atomic mass is 16.5. The van der Waals surface area contributed by atoms with Crippen LogP contribution in [-0.2, 0) is 4.79 Å². The summed E-state index contributed by atoms with van der Waals surface area (Å²) in [5.74, 6) is -0.236. The molecule has 5 nitrogen and oxygen atoms in total. The molecule has 1 rings (SSSR count). The number of Topliss-reactive ketones (excluding diaryl/α,β-unsaturated/α-hetero) is 1. The summed E-state index contributed by atoms with van der Waals surface area (Å²) in [6, 6.07) is 6.65. The molecule has 0 saturated carbocycles. The second-order valence-corrected chi connectivity index (χ2v) is 6.85. The maximum Gasteiger partial charge on any atom is 0.223 e. The molecule has 3 N–H and O–H groups in total. The van der Waals surface area contributed by atoms with E-state index in [1.165, 1.54) is 6.92 Å². The number of carbonyl (C=O) groups is 2. The molecule has 0 heterocycles. The van der Waals surface area contributed by atoms with Crippen molar-refractivity contribution in [2.24, 2.45) is 11.1 Å². The number of aliphatic hydroxyl groups excluding tert-OH is 1. The Hall–Kier alpha value is -1.88. The van der Waals surface area contributed by atoms with Crippen LogP contribution in [0.25, 0.3) is 0 Å². The molecule has 0 aliphatic rings. The summed E-state index contributed by atoms with van der Waals surface area (Å²) in [4.78, 5) is 23.3. The Morgan fingerprint density at radius 2 is 1.86 bits per heavy atom. The summed E-state index contributed by atoms with van der Waals surface area (Å²) in [5.41, 5.74) is 4.46. The predicted octanol–water partition coefficient (Wildman–Crippen LogP) is 2.31. The molecule has 0 aliphatic heterocycles. The summed E-state index contributed by atoms with van der Waals surface area (Å²) in [5, 5.41) is 9.37. The van der Waals surface area contributed by atoms with E-state index >= 15 is 0 Å². The van der Waals surface area contributed by atoms with Crippen molar-refractivity contribution in [1.29, 1.82) is 0 Å². The van der Waals surface area contributed by atoms with Crippen molar-refractivity contribution in [1.82, 2.24) is 0 Å². The molecule has 0 bridgehead atoms. The monoisotopic (exact) mass is 307 g/mol. The number of ether oxygens (including phenoxy) is 1. The van der Waals surface area contributed by atoms with Gasteiger partial charge in [0.05, 0.1) is 0 Å². The van der Waals surface area contributed by atoms with E-state index in [0.717, 1.165) is 0 Å². The van der Waals surface area contributed by atoms with Gasteiger partial charge in [0.15, 0.2) is 5.78 Å². The Labute approximate surface area is 131 Å². The van der Waals surface area contributed by atoms with E-state index in [4.69, 9.17) is 10.5 Å². The first-order chi connectivity index (χ1) is 9.94. The second kappa shape index (κ2) is 6.48. The molecule has 0 spiro atoms. The van der Waals surface area contributed by atoms with Gasteiger partial charge < -0.3 is 15.6 Å². The standard InChI is InChI=1S/C17H25NO4/c1-11(19)14(20)12-7-6-8-13(9-12)22-17(4,5)10-16(2,3)15(18)21/h6-9,11,19H,10H2,1-5H3,(H2,18,21). The third-order valence-electron chi connectivity index (χ3n) is 3.43. The number of benzene rings is 1. The first-order valence-electron chi connectivity index (χ1n) is 7.26. The number of carbonyl (C=O) groups excluding carboxylic acids is 2. The highest BCUT2D eigenvalue weighted by molar-refractivity contribution is 5.99. The highest BCUT2D eigenvalue weighted by Crippen LogP contribution is 2.31. The minimum Gasteiger partial charge on any atom is -0.488 e. The van der Waals surface area contributed by atoms with Gasteiger partial charge in [0, 0.05) is 17.4 Å². The van der Waals surface area contributed by atoms with Gasteiger partial charge >= 0.3 is 0 Å². The van der Waals surface area contributed by atoms with Crippen LogP contribution >= 0.6 is 0 Å². The summed E-state index contributed by atoms with van der Waals surface area (Å²) >= 11 is 0. The third kappa shape index (κ3) is 4.84. The smallest absolute Gasteiger partial charge is 0.223 e. The van der Waals surface area contributed by atoms with E-state index in [2.05, 4.69) is 0 Å². The Bertz CT molecular complexity index is 562. The largest absolute Gasteiger partial charge is 0.488 e. The average molecular weight is 307 g/mol. The van der Waals surface area contributed by atoms with Crippen molar-refractivity contribution in [3.63, 3.8) is 0 Å². The summed E-state index contributed by atoms with van der Waals surface area (Å²) in [7, 11) is 0. The Morgan fingerprint density at radius 1 is 1.27 bits per heavy atom. The van der Waals surface area contributed by atoms with Gasteiger partial charge in [-0.1, -0.05) is 26.0 Å². The Kier molecular flexibility index (Phi) is 5.35. The van der Waals surface area contributed by atoms with Gasteiger partial charge in [-0.2, -0.15) is 0 Å². The van der Waals surface area contributed by atoms with Crippen LogP contribution in [0.4, 0.5) is 0 Å². The molecule has 0 saturated heterocycles. The van der Waals surface area contributed by atoms with Crippen molar-refractivity contribution in [2.45, 2.75) is 52.7 Å². The second-order valence-electron chi connectivity index (χ2n) is 6.85. The number of aliphatic hydroxyl groups is 1. The number of hydrogen-bond acceptors (Lipinski definition) is 4. The minimum absolute atomic E-state index is 0.360. The number of amides is 1. The number of ketones is 1.